The highest BCUT2D eigenvalue weighted by atomic mass is 19.1. The normalized spacial score (nSPS) is 13.8. The second-order valence-corrected chi connectivity index (χ2v) is 12.5. The molecule has 238 valence electrons. The van der Waals surface area contributed by atoms with E-state index in [1.54, 1.807) is 13.1 Å². The smallest absolute Gasteiger partial charge is 0.305 e. The van der Waals surface area contributed by atoms with Crippen LogP contribution in [0.4, 0.5) is 4.39 Å². The van der Waals surface area contributed by atoms with Crippen molar-refractivity contribution < 1.29 is 33.3 Å². The third-order valence-electron chi connectivity index (χ3n) is 7.73. The van der Waals surface area contributed by atoms with Gasteiger partial charge in [0, 0.05) is 31.5 Å². The number of hydrogen-bond donors (Lipinski definition) is 1. The van der Waals surface area contributed by atoms with Crippen LogP contribution in [0.1, 0.15) is 94.3 Å². The molecule has 8 nitrogen and oxygen atoms in total. The second-order valence-electron chi connectivity index (χ2n) is 12.5. The summed E-state index contributed by atoms with van der Waals surface area (Å²) < 4.78 is 31.5. The summed E-state index contributed by atoms with van der Waals surface area (Å²) in [4.78, 5) is 30.8. The van der Waals surface area contributed by atoms with Gasteiger partial charge >= 0.3 is 5.97 Å². The average Bonchev–Trinajstić information content (AvgIpc) is 2.96. The molecular weight excluding hydrogens is 551 g/mol. The zero-order valence-electron chi connectivity index (χ0n) is 26.3. The average molecular weight is 601 g/mol. The number of hydrogen-bond acceptors (Lipinski definition) is 6. The Balaban J connectivity index is 1.43. The molecule has 1 amide bonds. The van der Waals surface area contributed by atoms with E-state index in [-0.39, 0.29) is 43.1 Å². The van der Waals surface area contributed by atoms with E-state index in [0.717, 1.165) is 37.8 Å². The van der Waals surface area contributed by atoms with Crippen LogP contribution < -0.4 is 4.74 Å². The van der Waals surface area contributed by atoms with Crippen molar-refractivity contribution in [3.05, 3.63) is 58.7 Å². The minimum Gasteiger partial charge on any atom is -0.488 e. The fourth-order valence-electron chi connectivity index (χ4n) is 5.10. The van der Waals surface area contributed by atoms with Crippen LogP contribution in [-0.4, -0.2) is 66.9 Å². The molecule has 0 radical (unpaired) electrons. The predicted molar refractivity (Wildman–Crippen MR) is 164 cm³/mol. The molecule has 1 aliphatic carbocycles. The van der Waals surface area contributed by atoms with Crippen molar-refractivity contribution in [3.63, 3.8) is 0 Å². The van der Waals surface area contributed by atoms with Gasteiger partial charge in [0.05, 0.1) is 32.3 Å². The molecule has 0 saturated heterocycles. The van der Waals surface area contributed by atoms with Gasteiger partial charge in [0.1, 0.15) is 6.61 Å². The van der Waals surface area contributed by atoms with Gasteiger partial charge in [-0.3, -0.25) is 14.6 Å². The minimum atomic E-state index is -1.07. The first-order valence-corrected chi connectivity index (χ1v) is 15.6. The van der Waals surface area contributed by atoms with Gasteiger partial charge in [0.15, 0.2) is 11.6 Å². The molecule has 1 heterocycles. The van der Waals surface area contributed by atoms with Crippen molar-refractivity contribution in [1.82, 2.24) is 9.88 Å². The molecule has 3 rings (SSSR count). The number of fused-ring (bicyclic) bond motifs is 1. The van der Waals surface area contributed by atoms with Gasteiger partial charge < -0.3 is 24.2 Å². The van der Waals surface area contributed by atoms with Crippen molar-refractivity contribution >= 4 is 11.9 Å². The number of nitrogens with zero attached hydrogens (tertiary/aromatic N) is 2. The zero-order valence-corrected chi connectivity index (χ0v) is 26.3. The Morgan fingerprint density at radius 1 is 1.00 bits per heavy atom. The van der Waals surface area contributed by atoms with Crippen LogP contribution in [0.5, 0.6) is 5.75 Å². The van der Waals surface area contributed by atoms with Crippen molar-refractivity contribution in [3.8, 4) is 5.75 Å². The third kappa shape index (κ3) is 12.2. The molecule has 0 saturated carbocycles. The molecule has 0 bridgehead atoms. The van der Waals surface area contributed by atoms with Crippen molar-refractivity contribution in [1.29, 1.82) is 0 Å². The van der Waals surface area contributed by atoms with Crippen LogP contribution in [0.25, 0.3) is 0 Å². The number of carboxylic acids is 1. The van der Waals surface area contributed by atoms with Gasteiger partial charge in [0.25, 0.3) is 0 Å². The fourth-order valence-corrected chi connectivity index (χ4v) is 5.10. The monoisotopic (exact) mass is 600 g/mol. The van der Waals surface area contributed by atoms with E-state index >= 15 is 0 Å². The molecule has 0 aliphatic heterocycles. The van der Waals surface area contributed by atoms with Crippen LogP contribution in [0, 0.1) is 11.2 Å². The Bertz CT molecular complexity index is 1180. The predicted octanol–water partition coefficient (Wildman–Crippen LogP) is 6.33. The second kappa shape index (κ2) is 17.3. The summed E-state index contributed by atoms with van der Waals surface area (Å²) in [5, 5.41) is 9.51. The standard InChI is InChI=1S/C34H49FN2O6/c1-34(2,3)17-18-41-19-20-42-21-22-43-31-16-14-26(23-28(31)35)30(24-33(39)40)37(4)32(38)12-8-6-10-27-15-13-25-9-5-7-11-29(25)36-27/h13-16,23,30H,5-12,17-22,24H2,1-4H3,(H,39,40)/t30-/m0/s1. The summed E-state index contributed by atoms with van der Waals surface area (Å²) in [6, 6.07) is 7.80. The Kier molecular flexibility index (Phi) is 13.9. The highest BCUT2D eigenvalue weighted by Gasteiger charge is 2.25. The molecule has 1 aromatic carbocycles. The highest BCUT2D eigenvalue weighted by Crippen LogP contribution is 2.29. The Hall–Kier alpha value is -3.04. The number of carboxylic acid groups (broad SMARTS) is 1. The Morgan fingerprint density at radius 2 is 1.72 bits per heavy atom. The third-order valence-corrected chi connectivity index (χ3v) is 7.73. The van der Waals surface area contributed by atoms with Crippen molar-refractivity contribution in [2.24, 2.45) is 5.41 Å². The van der Waals surface area contributed by atoms with Gasteiger partial charge in [-0.05, 0) is 86.1 Å². The molecule has 43 heavy (non-hydrogen) atoms. The quantitative estimate of drug-likeness (QED) is 0.200. The first-order valence-electron chi connectivity index (χ1n) is 15.6. The number of ether oxygens (including phenoxy) is 3. The summed E-state index contributed by atoms with van der Waals surface area (Å²) in [6.45, 7) is 8.53. The van der Waals surface area contributed by atoms with Gasteiger partial charge in [-0.2, -0.15) is 0 Å². The van der Waals surface area contributed by atoms with E-state index in [4.69, 9.17) is 19.2 Å². The van der Waals surface area contributed by atoms with Gasteiger partial charge in [0.2, 0.25) is 5.91 Å². The van der Waals surface area contributed by atoms with Gasteiger partial charge in [-0.15, -0.1) is 0 Å². The number of aliphatic carboxylic acids is 1. The molecule has 0 spiro atoms. The van der Waals surface area contributed by atoms with E-state index in [0.29, 0.717) is 31.8 Å². The number of amides is 1. The van der Waals surface area contributed by atoms with Crippen molar-refractivity contribution in [2.45, 2.75) is 91.0 Å². The van der Waals surface area contributed by atoms with E-state index in [9.17, 15) is 19.1 Å². The molecule has 1 aromatic heterocycles. The Labute approximate surface area is 255 Å². The maximum Gasteiger partial charge on any atom is 0.305 e. The maximum absolute atomic E-state index is 14.9. The van der Waals surface area contributed by atoms with E-state index in [2.05, 4.69) is 32.9 Å². The summed E-state index contributed by atoms with van der Waals surface area (Å²) in [5.41, 5.74) is 4.25. The first-order chi connectivity index (χ1) is 20.5. The lowest BCUT2D eigenvalue weighted by molar-refractivity contribution is -0.140. The molecule has 0 fully saturated rings. The molecule has 0 unspecified atom stereocenters. The van der Waals surface area contributed by atoms with Crippen LogP contribution >= 0.6 is 0 Å². The summed E-state index contributed by atoms with van der Waals surface area (Å²) in [7, 11) is 1.58. The lowest BCUT2D eigenvalue weighted by Crippen LogP contribution is -2.32. The fraction of sp³-hybridized carbons (Fsp3) is 0.618. The maximum atomic E-state index is 14.9. The van der Waals surface area contributed by atoms with E-state index in [1.807, 2.05) is 0 Å². The summed E-state index contributed by atoms with van der Waals surface area (Å²) in [5.74, 6) is -1.81. The van der Waals surface area contributed by atoms with E-state index < -0.39 is 17.8 Å². The van der Waals surface area contributed by atoms with Crippen LogP contribution in [0.3, 0.4) is 0 Å². The van der Waals surface area contributed by atoms with Crippen LogP contribution in [-0.2, 0) is 38.3 Å². The summed E-state index contributed by atoms with van der Waals surface area (Å²) in [6.07, 6.45) is 7.74. The molecule has 9 heteroatoms. The van der Waals surface area contributed by atoms with E-state index in [1.165, 1.54) is 41.1 Å². The van der Waals surface area contributed by atoms with Gasteiger partial charge in [-0.1, -0.05) is 32.9 Å². The molecular formula is C34H49FN2O6. The number of carbonyl (C=O) groups is 2. The van der Waals surface area contributed by atoms with Gasteiger partial charge in [-0.25, -0.2) is 4.39 Å². The highest BCUT2D eigenvalue weighted by molar-refractivity contribution is 5.77. The molecule has 1 aliphatic rings. The largest absolute Gasteiger partial charge is 0.488 e. The van der Waals surface area contributed by atoms with Crippen LogP contribution in [0.15, 0.2) is 30.3 Å². The lowest BCUT2D eigenvalue weighted by Gasteiger charge is -2.28. The summed E-state index contributed by atoms with van der Waals surface area (Å²) >= 11 is 0. The van der Waals surface area contributed by atoms with Crippen molar-refractivity contribution in [2.75, 3.05) is 40.1 Å². The van der Waals surface area contributed by atoms with Crippen LogP contribution in [0.2, 0.25) is 0 Å². The topological polar surface area (TPSA) is 98.2 Å². The first kappa shape index (κ1) is 34.5. The number of carbonyl (C=O) groups excluding carboxylic acids is 1. The SMILES string of the molecule is CN(C(=O)CCCCc1ccc2c(n1)CCCC2)[C@@H](CC(=O)O)c1ccc(OCCOCCOCCC(C)(C)C)c(F)c1. The Morgan fingerprint density at radius 3 is 2.44 bits per heavy atom. The number of aromatic nitrogens is 1. The lowest BCUT2D eigenvalue weighted by atomic mass is 9.93. The number of unbranched alkanes of at least 4 members (excludes halogenated alkanes) is 1. The zero-order chi connectivity index (χ0) is 31.2. The molecule has 1 N–H and O–H groups in total. The number of rotatable bonds is 18. The minimum absolute atomic E-state index is 0.0487. The number of benzene rings is 1. The number of halogens is 1. The number of pyridine rings is 1. The molecule has 2 aromatic rings. The molecule has 1 atom stereocenters. The number of aryl methyl sites for hydroxylation is 3.